The number of aliphatic hydroxyl groups is 1. The minimum atomic E-state index is -0.660. The van der Waals surface area contributed by atoms with Gasteiger partial charge in [-0.3, -0.25) is 4.90 Å². The first-order valence-electron chi connectivity index (χ1n) is 5.05. The zero-order chi connectivity index (χ0) is 11.5. The van der Waals surface area contributed by atoms with Gasteiger partial charge in [-0.25, -0.2) is 4.98 Å². The summed E-state index contributed by atoms with van der Waals surface area (Å²) >= 11 is 1.50. The zero-order valence-corrected chi connectivity index (χ0v) is 10.3. The van der Waals surface area contributed by atoms with Crippen LogP contribution in [0.1, 0.15) is 25.6 Å². The van der Waals surface area contributed by atoms with Crippen molar-refractivity contribution in [1.29, 1.82) is 0 Å². The topological polar surface area (TPSA) is 62.4 Å². The third-order valence-electron chi connectivity index (χ3n) is 2.01. The molecule has 0 spiro atoms. The van der Waals surface area contributed by atoms with Crippen molar-refractivity contribution in [1.82, 2.24) is 9.88 Å². The lowest BCUT2D eigenvalue weighted by Crippen LogP contribution is -2.37. The molecule has 1 aromatic rings. The molecule has 0 fully saturated rings. The third kappa shape index (κ3) is 4.59. The summed E-state index contributed by atoms with van der Waals surface area (Å²) in [6, 6.07) is 0. The van der Waals surface area contributed by atoms with Crippen LogP contribution in [0.4, 0.5) is 5.13 Å². The van der Waals surface area contributed by atoms with E-state index in [1.54, 1.807) is 6.20 Å². The van der Waals surface area contributed by atoms with Crippen molar-refractivity contribution in [2.24, 2.45) is 0 Å². The van der Waals surface area contributed by atoms with Gasteiger partial charge in [-0.05, 0) is 20.4 Å². The predicted molar refractivity (Wildman–Crippen MR) is 63.8 cm³/mol. The molecule has 3 N–H and O–H groups in total. The van der Waals surface area contributed by atoms with E-state index in [0.29, 0.717) is 11.7 Å². The van der Waals surface area contributed by atoms with Crippen molar-refractivity contribution in [3.63, 3.8) is 0 Å². The molecule has 0 atom stereocenters. The zero-order valence-electron chi connectivity index (χ0n) is 9.53. The number of hydrogen-bond donors (Lipinski definition) is 2. The number of hydrogen-bond acceptors (Lipinski definition) is 5. The Morgan fingerprint density at radius 3 is 2.67 bits per heavy atom. The van der Waals surface area contributed by atoms with E-state index in [1.807, 2.05) is 13.8 Å². The number of nitrogens with zero attached hydrogens (tertiary/aromatic N) is 2. The van der Waals surface area contributed by atoms with Gasteiger partial charge in [-0.2, -0.15) is 0 Å². The molecule has 0 bridgehead atoms. The van der Waals surface area contributed by atoms with Gasteiger partial charge in [-0.1, -0.05) is 6.92 Å². The molecule has 1 aromatic heterocycles. The van der Waals surface area contributed by atoms with Gasteiger partial charge in [0.1, 0.15) is 0 Å². The minimum absolute atomic E-state index is 0.601. The third-order valence-corrected chi connectivity index (χ3v) is 2.82. The maximum absolute atomic E-state index is 9.72. The highest BCUT2D eigenvalue weighted by atomic mass is 32.1. The van der Waals surface area contributed by atoms with Gasteiger partial charge in [-0.15, -0.1) is 11.3 Å². The fourth-order valence-corrected chi connectivity index (χ4v) is 2.17. The highest BCUT2D eigenvalue weighted by molar-refractivity contribution is 7.15. The van der Waals surface area contributed by atoms with E-state index in [9.17, 15) is 5.11 Å². The Morgan fingerprint density at radius 2 is 2.27 bits per heavy atom. The second-order valence-corrected chi connectivity index (χ2v) is 5.43. The maximum atomic E-state index is 9.72. The average Bonchev–Trinajstić information content (AvgIpc) is 2.47. The molecule has 0 aliphatic heterocycles. The van der Waals surface area contributed by atoms with Gasteiger partial charge >= 0.3 is 0 Å². The quantitative estimate of drug-likeness (QED) is 0.799. The standard InChI is InChI=1S/C10H19N3OS/c1-4-13(7-10(2,3)14)6-8-5-12-9(11)15-8/h5,14H,4,6-7H2,1-3H3,(H2,11,12). The van der Waals surface area contributed by atoms with E-state index in [2.05, 4.69) is 16.8 Å². The first-order valence-corrected chi connectivity index (χ1v) is 5.87. The second kappa shape index (κ2) is 4.92. The van der Waals surface area contributed by atoms with Gasteiger partial charge in [0.2, 0.25) is 0 Å². The summed E-state index contributed by atoms with van der Waals surface area (Å²) < 4.78 is 0. The van der Waals surface area contributed by atoms with Crippen LogP contribution in [-0.2, 0) is 6.54 Å². The predicted octanol–water partition coefficient (Wildman–Crippen LogP) is 1.32. The Hall–Kier alpha value is -0.650. The van der Waals surface area contributed by atoms with Crippen molar-refractivity contribution in [2.45, 2.75) is 32.9 Å². The van der Waals surface area contributed by atoms with Crippen LogP contribution in [0.15, 0.2) is 6.20 Å². The molecular formula is C10H19N3OS. The molecule has 5 heteroatoms. The molecule has 4 nitrogen and oxygen atoms in total. The monoisotopic (exact) mass is 229 g/mol. The Kier molecular flexibility index (Phi) is 4.07. The van der Waals surface area contributed by atoms with E-state index in [4.69, 9.17) is 5.73 Å². The van der Waals surface area contributed by atoms with E-state index in [0.717, 1.165) is 18.0 Å². The summed E-state index contributed by atoms with van der Waals surface area (Å²) in [6.45, 7) is 8.07. The number of aromatic nitrogens is 1. The number of likely N-dealkylation sites (N-methyl/N-ethyl adjacent to an activating group) is 1. The van der Waals surface area contributed by atoms with Gasteiger partial charge < -0.3 is 10.8 Å². The molecule has 0 aliphatic rings. The Bertz CT molecular complexity index is 306. The van der Waals surface area contributed by atoms with Crippen LogP contribution in [0.25, 0.3) is 0 Å². The number of nitrogen functional groups attached to an aromatic ring is 1. The molecule has 0 radical (unpaired) electrons. The van der Waals surface area contributed by atoms with Crippen LogP contribution in [-0.4, -0.2) is 33.7 Å². The summed E-state index contributed by atoms with van der Waals surface area (Å²) in [4.78, 5) is 7.32. The molecule has 0 amide bonds. The van der Waals surface area contributed by atoms with E-state index >= 15 is 0 Å². The molecule has 0 saturated heterocycles. The largest absolute Gasteiger partial charge is 0.389 e. The summed E-state index contributed by atoms with van der Waals surface area (Å²) in [5.41, 5.74) is 4.90. The molecule has 0 saturated carbocycles. The summed E-state index contributed by atoms with van der Waals surface area (Å²) in [7, 11) is 0. The van der Waals surface area contributed by atoms with Crippen LogP contribution >= 0.6 is 11.3 Å². The summed E-state index contributed by atoms with van der Waals surface area (Å²) in [5, 5.41) is 10.3. The lowest BCUT2D eigenvalue weighted by atomic mass is 10.1. The summed E-state index contributed by atoms with van der Waals surface area (Å²) in [6.07, 6.45) is 1.80. The maximum Gasteiger partial charge on any atom is 0.180 e. The number of anilines is 1. The Labute approximate surface area is 94.7 Å². The molecule has 1 heterocycles. The Balaban J connectivity index is 2.54. The van der Waals surface area contributed by atoms with E-state index < -0.39 is 5.60 Å². The van der Waals surface area contributed by atoms with Crippen molar-refractivity contribution in [3.8, 4) is 0 Å². The van der Waals surface area contributed by atoms with Crippen molar-refractivity contribution in [3.05, 3.63) is 11.1 Å². The lowest BCUT2D eigenvalue weighted by molar-refractivity contribution is 0.0356. The van der Waals surface area contributed by atoms with E-state index in [-0.39, 0.29) is 0 Å². The van der Waals surface area contributed by atoms with Crippen LogP contribution in [0.3, 0.4) is 0 Å². The molecule has 0 aromatic carbocycles. The number of thiazole rings is 1. The SMILES string of the molecule is CCN(Cc1cnc(N)s1)CC(C)(C)O. The first kappa shape index (κ1) is 12.4. The molecule has 86 valence electrons. The van der Waals surface area contributed by atoms with Gasteiger partial charge in [0.25, 0.3) is 0 Å². The fraction of sp³-hybridized carbons (Fsp3) is 0.700. The van der Waals surface area contributed by atoms with Gasteiger partial charge in [0.15, 0.2) is 5.13 Å². The molecule has 0 aliphatic carbocycles. The lowest BCUT2D eigenvalue weighted by Gasteiger charge is -2.27. The van der Waals surface area contributed by atoms with Crippen molar-refractivity contribution >= 4 is 16.5 Å². The molecule has 1 rings (SSSR count). The molecule has 0 unspecified atom stereocenters. The van der Waals surface area contributed by atoms with Crippen LogP contribution < -0.4 is 5.73 Å². The highest BCUT2D eigenvalue weighted by Gasteiger charge is 2.17. The van der Waals surface area contributed by atoms with Gasteiger partial charge in [0.05, 0.1) is 5.60 Å². The van der Waals surface area contributed by atoms with Crippen LogP contribution in [0.5, 0.6) is 0 Å². The smallest absolute Gasteiger partial charge is 0.180 e. The van der Waals surface area contributed by atoms with Gasteiger partial charge in [0, 0.05) is 24.2 Å². The van der Waals surface area contributed by atoms with E-state index in [1.165, 1.54) is 11.3 Å². The normalized spacial score (nSPS) is 12.3. The highest BCUT2D eigenvalue weighted by Crippen LogP contribution is 2.17. The average molecular weight is 229 g/mol. The minimum Gasteiger partial charge on any atom is -0.389 e. The molecular weight excluding hydrogens is 210 g/mol. The first-order chi connectivity index (χ1) is 6.90. The molecule has 15 heavy (non-hydrogen) atoms. The Morgan fingerprint density at radius 1 is 1.60 bits per heavy atom. The number of nitrogens with two attached hydrogens (primary N) is 1. The van der Waals surface area contributed by atoms with Crippen LogP contribution in [0.2, 0.25) is 0 Å². The van der Waals surface area contributed by atoms with Crippen molar-refractivity contribution < 1.29 is 5.11 Å². The number of rotatable bonds is 5. The fourth-order valence-electron chi connectivity index (χ4n) is 1.44. The second-order valence-electron chi connectivity index (χ2n) is 4.28. The summed E-state index contributed by atoms with van der Waals surface area (Å²) in [5.74, 6) is 0. The van der Waals surface area contributed by atoms with Crippen molar-refractivity contribution in [2.75, 3.05) is 18.8 Å². The van der Waals surface area contributed by atoms with Crippen LogP contribution in [0, 0.1) is 0 Å².